The van der Waals surface area contributed by atoms with E-state index in [1.807, 2.05) is 31.2 Å². The van der Waals surface area contributed by atoms with Crippen molar-refractivity contribution < 1.29 is 9.90 Å². The number of para-hydroxylation sites is 1. The number of nitrogens with zero attached hydrogens (tertiary/aromatic N) is 1. The first-order chi connectivity index (χ1) is 9.58. The van der Waals surface area contributed by atoms with Crippen LogP contribution in [0.1, 0.15) is 30.3 Å². The minimum absolute atomic E-state index is 0.119. The number of hydrogen-bond acceptors (Lipinski definition) is 2. The predicted molar refractivity (Wildman–Crippen MR) is 79.0 cm³/mol. The van der Waals surface area contributed by atoms with Crippen molar-refractivity contribution in [3.8, 4) is 0 Å². The number of nitrogens with one attached hydrogen (secondary N) is 1. The molecule has 1 amide bonds. The highest BCUT2D eigenvalue weighted by Crippen LogP contribution is 2.29. The molecule has 1 aromatic heterocycles. The van der Waals surface area contributed by atoms with Crippen molar-refractivity contribution in [3.05, 3.63) is 35.0 Å². The fourth-order valence-electron chi connectivity index (χ4n) is 2.77. The van der Waals surface area contributed by atoms with Crippen molar-refractivity contribution in [3.63, 3.8) is 0 Å². The number of fused-ring (bicyclic) bond motifs is 1. The maximum absolute atomic E-state index is 12.6. The van der Waals surface area contributed by atoms with Crippen molar-refractivity contribution >= 4 is 28.4 Å². The van der Waals surface area contributed by atoms with Gasteiger partial charge in [0.05, 0.1) is 11.1 Å². The van der Waals surface area contributed by atoms with Gasteiger partial charge in [-0.3, -0.25) is 4.79 Å². The second kappa shape index (κ2) is 5.11. The Morgan fingerprint density at radius 2 is 2.15 bits per heavy atom. The first-order valence-corrected chi connectivity index (χ1v) is 7.21. The molecular formula is C15H17ClN2O2. The molecule has 2 aromatic rings. The number of β-amino-alcohol motifs (C(OH)–C–C–N with tert-alkyl or cyclic N) is 1. The smallest absolute Gasteiger partial charge is 0.272 e. The topological polar surface area (TPSA) is 56.3 Å². The maximum atomic E-state index is 12.6. The van der Waals surface area contributed by atoms with Gasteiger partial charge in [0.1, 0.15) is 5.69 Å². The highest BCUT2D eigenvalue weighted by molar-refractivity contribution is 6.38. The lowest BCUT2D eigenvalue weighted by Crippen LogP contribution is -2.47. The van der Waals surface area contributed by atoms with Crippen LogP contribution >= 0.6 is 11.6 Å². The number of aliphatic hydroxyl groups is 1. The first-order valence-electron chi connectivity index (χ1n) is 6.83. The number of carbonyl (C=O) groups is 1. The van der Waals surface area contributed by atoms with E-state index < -0.39 is 6.10 Å². The summed E-state index contributed by atoms with van der Waals surface area (Å²) in [5.41, 5.74) is 1.26. The molecule has 1 aliphatic heterocycles. The molecule has 0 radical (unpaired) electrons. The van der Waals surface area contributed by atoms with Crippen LogP contribution in [0.15, 0.2) is 24.3 Å². The van der Waals surface area contributed by atoms with E-state index in [0.29, 0.717) is 17.3 Å². The minimum Gasteiger partial charge on any atom is -0.391 e. The number of benzene rings is 1. The molecule has 2 atom stereocenters. The van der Waals surface area contributed by atoms with E-state index in [4.69, 9.17) is 11.6 Å². The van der Waals surface area contributed by atoms with Gasteiger partial charge in [-0.1, -0.05) is 29.8 Å². The van der Waals surface area contributed by atoms with Crippen molar-refractivity contribution in [1.29, 1.82) is 0 Å². The van der Waals surface area contributed by atoms with Crippen molar-refractivity contribution in [2.75, 3.05) is 6.54 Å². The predicted octanol–water partition coefficient (Wildman–Crippen LogP) is 2.81. The molecule has 2 N–H and O–H groups in total. The van der Waals surface area contributed by atoms with Gasteiger partial charge >= 0.3 is 0 Å². The van der Waals surface area contributed by atoms with Gasteiger partial charge in [-0.2, -0.15) is 0 Å². The molecule has 1 aliphatic rings. The van der Waals surface area contributed by atoms with Gasteiger partial charge in [-0.15, -0.1) is 0 Å². The molecule has 106 valence electrons. The van der Waals surface area contributed by atoms with Crippen LogP contribution < -0.4 is 0 Å². The second-order valence-corrected chi connectivity index (χ2v) is 5.78. The second-order valence-electron chi connectivity index (χ2n) is 5.40. The Hall–Kier alpha value is -1.52. The van der Waals surface area contributed by atoms with Crippen molar-refractivity contribution in [2.24, 2.45) is 0 Å². The number of aromatic nitrogens is 1. The molecule has 1 saturated heterocycles. The summed E-state index contributed by atoms with van der Waals surface area (Å²) in [6.45, 7) is 2.37. The molecule has 0 unspecified atom stereocenters. The van der Waals surface area contributed by atoms with E-state index >= 15 is 0 Å². The third-order valence-corrected chi connectivity index (χ3v) is 4.37. The van der Waals surface area contributed by atoms with Crippen LogP contribution in [0.5, 0.6) is 0 Å². The minimum atomic E-state index is -0.446. The summed E-state index contributed by atoms with van der Waals surface area (Å²) < 4.78 is 0. The monoisotopic (exact) mass is 292 g/mol. The molecule has 1 fully saturated rings. The van der Waals surface area contributed by atoms with E-state index in [-0.39, 0.29) is 11.9 Å². The van der Waals surface area contributed by atoms with Crippen molar-refractivity contribution in [1.82, 2.24) is 9.88 Å². The molecule has 0 bridgehead atoms. The number of carbonyl (C=O) groups excluding carboxylic acids is 1. The zero-order chi connectivity index (χ0) is 14.3. The Bertz CT molecular complexity index is 652. The van der Waals surface area contributed by atoms with Crippen molar-refractivity contribution in [2.45, 2.75) is 31.9 Å². The summed E-state index contributed by atoms with van der Waals surface area (Å²) in [7, 11) is 0. The molecule has 20 heavy (non-hydrogen) atoms. The molecule has 0 aliphatic carbocycles. The Kier molecular flexibility index (Phi) is 3.44. The largest absolute Gasteiger partial charge is 0.391 e. The molecule has 5 heteroatoms. The third kappa shape index (κ3) is 2.19. The lowest BCUT2D eigenvalue weighted by atomic mass is 10.0. The summed E-state index contributed by atoms with van der Waals surface area (Å²) in [5, 5.41) is 11.1. The van der Waals surface area contributed by atoms with E-state index in [1.54, 1.807) is 4.90 Å². The number of H-pyrrole nitrogens is 1. The Morgan fingerprint density at radius 3 is 2.90 bits per heavy atom. The molecule has 2 heterocycles. The van der Waals surface area contributed by atoms with Crippen LogP contribution in [-0.2, 0) is 0 Å². The fraction of sp³-hybridized carbons (Fsp3) is 0.400. The van der Waals surface area contributed by atoms with Gasteiger partial charge < -0.3 is 15.0 Å². The summed E-state index contributed by atoms with van der Waals surface area (Å²) in [4.78, 5) is 17.4. The number of hydrogen-bond donors (Lipinski definition) is 2. The van der Waals surface area contributed by atoms with Crippen LogP contribution in [-0.4, -0.2) is 39.6 Å². The molecule has 0 spiro atoms. The number of likely N-dealkylation sites (tertiary alicyclic amines) is 1. The summed E-state index contributed by atoms with van der Waals surface area (Å²) in [6, 6.07) is 7.69. The van der Waals surface area contributed by atoms with Crippen LogP contribution in [0.2, 0.25) is 5.02 Å². The van der Waals surface area contributed by atoms with Gasteiger partial charge in [-0.05, 0) is 25.8 Å². The van der Waals surface area contributed by atoms with Crippen LogP contribution in [0.25, 0.3) is 10.9 Å². The molecule has 1 aromatic carbocycles. The molecular weight excluding hydrogens is 276 g/mol. The zero-order valence-corrected chi connectivity index (χ0v) is 12.0. The number of halogens is 1. The van der Waals surface area contributed by atoms with E-state index in [1.165, 1.54) is 0 Å². The fourth-order valence-corrected chi connectivity index (χ4v) is 3.06. The quantitative estimate of drug-likeness (QED) is 0.849. The lowest BCUT2D eigenvalue weighted by molar-refractivity contribution is 0.0306. The number of rotatable bonds is 1. The normalized spacial score (nSPS) is 23.2. The number of aliphatic hydroxyl groups excluding tert-OH is 1. The van der Waals surface area contributed by atoms with Crippen LogP contribution in [0, 0.1) is 0 Å². The summed E-state index contributed by atoms with van der Waals surface area (Å²) in [6.07, 6.45) is 1.11. The molecule has 3 rings (SSSR count). The van der Waals surface area contributed by atoms with Gasteiger partial charge in [0.2, 0.25) is 0 Å². The highest BCUT2D eigenvalue weighted by Gasteiger charge is 2.30. The Balaban J connectivity index is 1.97. The van der Waals surface area contributed by atoms with Gasteiger partial charge in [0, 0.05) is 23.5 Å². The number of aromatic amines is 1. The first kappa shape index (κ1) is 13.5. The zero-order valence-electron chi connectivity index (χ0n) is 11.3. The number of piperidine rings is 1. The van der Waals surface area contributed by atoms with Gasteiger partial charge in [0.25, 0.3) is 5.91 Å². The lowest BCUT2D eigenvalue weighted by Gasteiger charge is -2.35. The van der Waals surface area contributed by atoms with E-state index in [2.05, 4.69) is 4.98 Å². The standard InChI is InChI=1S/C15H17ClN2O2/c1-9-6-7-10(19)8-18(9)15(20)14-13(16)11-4-2-3-5-12(11)17-14/h2-5,9-10,17,19H,6-8H2,1H3/t9-,10-/m1/s1. The Labute approximate surface area is 122 Å². The number of amides is 1. The van der Waals surface area contributed by atoms with Crippen LogP contribution in [0.3, 0.4) is 0 Å². The average Bonchev–Trinajstić information content (AvgIpc) is 2.79. The third-order valence-electron chi connectivity index (χ3n) is 3.97. The maximum Gasteiger partial charge on any atom is 0.272 e. The average molecular weight is 293 g/mol. The highest BCUT2D eigenvalue weighted by atomic mass is 35.5. The van der Waals surface area contributed by atoms with Gasteiger partial charge in [-0.25, -0.2) is 0 Å². The van der Waals surface area contributed by atoms with Crippen LogP contribution in [0.4, 0.5) is 0 Å². The van der Waals surface area contributed by atoms with E-state index in [0.717, 1.165) is 23.7 Å². The SMILES string of the molecule is C[C@@H]1CC[C@@H](O)CN1C(=O)c1[nH]c2ccccc2c1Cl. The molecule has 4 nitrogen and oxygen atoms in total. The summed E-state index contributed by atoms with van der Waals surface area (Å²) >= 11 is 6.31. The summed E-state index contributed by atoms with van der Waals surface area (Å²) in [5.74, 6) is -0.141. The molecule has 0 saturated carbocycles. The van der Waals surface area contributed by atoms with Gasteiger partial charge in [0.15, 0.2) is 0 Å². The Morgan fingerprint density at radius 1 is 1.40 bits per heavy atom. The van der Waals surface area contributed by atoms with E-state index in [9.17, 15) is 9.90 Å².